The summed E-state index contributed by atoms with van der Waals surface area (Å²) in [7, 11) is 1.16. The van der Waals surface area contributed by atoms with Crippen molar-refractivity contribution in [3.05, 3.63) is 52.6 Å². The van der Waals surface area contributed by atoms with Crippen molar-refractivity contribution < 1.29 is 17.9 Å². The first-order valence-corrected chi connectivity index (χ1v) is 11.1. The average molecular weight is 417 g/mol. The van der Waals surface area contributed by atoms with Crippen molar-refractivity contribution in [3.8, 4) is 5.75 Å². The molecule has 0 saturated heterocycles. The molecule has 29 heavy (non-hydrogen) atoms. The van der Waals surface area contributed by atoms with Crippen LogP contribution in [-0.4, -0.2) is 46.4 Å². The summed E-state index contributed by atoms with van der Waals surface area (Å²) in [6, 6.07) is 8.81. The van der Waals surface area contributed by atoms with E-state index in [9.17, 15) is 13.2 Å². The van der Waals surface area contributed by atoms with Crippen LogP contribution in [0.25, 0.3) is 0 Å². The lowest BCUT2D eigenvalue weighted by Crippen LogP contribution is -2.29. The summed E-state index contributed by atoms with van der Waals surface area (Å²) in [4.78, 5) is 15.3. The summed E-state index contributed by atoms with van der Waals surface area (Å²) in [5.74, 6) is 0.935. The number of rotatable bonds is 5. The number of methoxy groups -OCH3 is 1. The van der Waals surface area contributed by atoms with Gasteiger partial charge in [-0.15, -0.1) is 0 Å². The fourth-order valence-electron chi connectivity index (χ4n) is 3.66. The van der Waals surface area contributed by atoms with Gasteiger partial charge in [0.2, 0.25) is 10.0 Å². The Morgan fingerprint density at radius 3 is 2.45 bits per heavy atom. The molecule has 1 aliphatic rings. The Morgan fingerprint density at radius 2 is 1.86 bits per heavy atom. The average Bonchev–Trinajstić information content (AvgIpc) is 3.09. The molecule has 0 atom stereocenters. The number of ether oxygens (including phenoxy) is 1. The maximum Gasteiger partial charge on any atom is 0.258 e. The van der Waals surface area contributed by atoms with Crippen LogP contribution >= 0.6 is 0 Å². The Bertz CT molecular complexity index is 1060. The van der Waals surface area contributed by atoms with Crippen LogP contribution in [0.2, 0.25) is 0 Å². The number of hydrogen-bond donors (Lipinski definition) is 0. The number of hydrogen-bond acceptors (Lipinski definition) is 4. The molecule has 156 valence electrons. The van der Waals surface area contributed by atoms with Crippen LogP contribution in [0.5, 0.6) is 5.75 Å². The van der Waals surface area contributed by atoms with Crippen LogP contribution in [0.1, 0.15) is 46.8 Å². The monoisotopic (exact) mass is 416 g/mol. The first-order valence-electron chi connectivity index (χ1n) is 9.63. The molecule has 6 nitrogen and oxygen atoms in total. The molecule has 3 rings (SSSR count). The van der Waals surface area contributed by atoms with Gasteiger partial charge in [-0.1, -0.05) is 13.8 Å². The summed E-state index contributed by atoms with van der Waals surface area (Å²) in [5, 5.41) is 0. The van der Waals surface area contributed by atoms with Gasteiger partial charge in [0.1, 0.15) is 5.75 Å². The molecule has 2 aromatic rings. The summed E-state index contributed by atoms with van der Waals surface area (Å²) < 4.78 is 31.5. The Hall–Kier alpha value is -2.38. The van der Waals surface area contributed by atoms with Crippen LogP contribution in [0.3, 0.4) is 0 Å². The van der Waals surface area contributed by atoms with E-state index in [1.54, 1.807) is 30.2 Å². The molecule has 2 aromatic carbocycles. The van der Waals surface area contributed by atoms with Gasteiger partial charge in [0.15, 0.2) is 0 Å². The number of benzene rings is 2. The van der Waals surface area contributed by atoms with Gasteiger partial charge >= 0.3 is 0 Å². The van der Waals surface area contributed by atoms with Crippen LogP contribution in [-0.2, 0) is 16.4 Å². The highest BCUT2D eigenvalue weighted by atomic mass is 32.2. The van der Waals surface area contributed by atoms with E-state index in [2.05, 4.69) is 13.8 Å². The van der Waals surface area contributed by atoms with E-state index in [0.717, 1.165) is 28.1 Å². The van der Waals surface area contributed by atoms with Gasteiger partial charge in [-0.2, -0.15) is 0 Å². The van der Waals surface area contributed by atoms with Gasteiger partial charge in [0, 0.05) is 31.9 Å². The Labute approximate surface area is 173 Å². The van der Waals surface area contributed by atoms with Crippen molar-refractivity contribution in [2.45, 2.75) is 38.0 Å². The number of amides is 1. The molecule has 0 N–H and O–H groups in total. The second-order valence-electron chi connectivity index (χ2n) is 7.85. The third-order valence-corrected chi connectivity index (χ3v) is 7.21. The van der Waals surface area contributed by atoms with Crippen molar-refractivity contribution >= 4 is 21.6 Å². The molecule has 0 aliphatic carbocycles. The van der Waals surface area contributed by atoms with Gasteiger partial charge in [0.25, 0.3) is 5.91 Å². The molecule has 0 saturated carbocycles. The normalized spacial score (nSPS) is 13.9. The number of sulfonamides is 1. The zero-order chi connectivity index (χ0) is 21.5. The molecule has 0 fully saturated rings. The fourth-order valence-corrected chi connectivity index (χ4v) is 4.62. The van der Waals surface area contributed by atoms with E-state index in [4.69, 9.17) is 4.74 Å². The Balaban J connectivity index is 1.99. The minimum Gasteiger partial charge on any atom is -0.496 e. The number of anilines is 1. The lowest BCUT2D eigenvalue weighted by atomic mass is 9.96. The molecule has 1 aliphatic heterocycles. The van der Waals surface area contributed by atoms with Crippen LogP contribution in [0, 0.1) is 6.92 Å². The second-order valence-corrected chi connectivity index (χ2v) is 10.0. The highest BCUT2D eigenvalue weighted by Gasteiger charge is 2.29. The quantitative estimate of drug-likeness (QED) is 0.747. The smallest absolute Gasteiger partial charge is 0.258 e. The maximum absolute atomic E-state index is 13.4. The van der Waals surface area contributed by atoms with E-state index in [0.29, 0.717) is 18.5 Å². The molecule has 0 aromatic heterocycles. The van der Waals surface area contributed by atoms with E-state index >= 15 is 0 Å². The van der Waals surface area contributed by atoms with Crippen molar-refractivity contribution in [2.24, 2.45) is 0 Å². The number of aryl methyl sites for hydroxylation is 1. The van der Waals surface area contributed by atoms with Gasteiger partial charge < -0.3 is 9.64 Å². The summed E-state index contributed by atoms with van der Waals surface area (Å²) in [6.45, 7) is 6.57. The topological polar surface area (TPSA) is 66.9 Å². The van der Waals surface area contributed by atoms with Gasteiger partial charge in [-0.25, -0.2) is 12.7 Å². The molecule has 1 amide bonds. The van der Waals surface area contributed by atoms with E-state index in [-0.39, 0.29) is 16.7 Å². The minimum absolute atomic E-state index is 0.0750. The van der Waals surface area contributed by atoms with Gasteiger partial charge in [-0.3, -0.25) is 4.79 Å². The molecule has 0 spiro atoms. The van der Waals surface area contributed by atoms with Crippen LogP contribution in [0.4, 0.5) is 5.69 Å². The largest absolute Gasteiger partial charge is 0.496 e. The Morgan fingerprint density at radius 1 is 1.17 bits per heavy atom. The third-order valence-electron chi connectivity index (χ3n) is 5.40. The highest BCUT2D eigenvalue weighted by Crippen LogP contribution is 2.34. The molecule has 0 unspecified atom stereocenters. The van der Waals surface area contributed by atoms with Crippen molar-refractivity contribution in [3.63, 3.8) is 0 Å². The predicted octanol–water partition coefficient (Wildman–Crippen LogP) is 3.58. The molecule has 0 bridgehead atoms. The second kappa shape index (κ2) is 7.80. The highest BCUT2D eigenvalue weighted by molar-refractivity contribution is 7.89. The van der Waals surface area contributed by atoms with Gasteiger partial charge in [-0.05, 0) is 66.3 Å². The number of carbonyl (C=O) groups excluding carboxylic acids is 1. The zero-order valence-electron chi connectivity index (χ0n) is 17.8. The van der Waals surface area contributed by atoms with Crippen LogP contribution < -0.4 is 9.64 Å². The van der Waals surface area contributed by atoms with Crippen molar-refractivity contribution in [1.82, 2.24) is 4.31 Å². The minimum atomic E-state index is -3.50. The lowest BCUT2D eigenvalue weighted by molar-refractivity contribution is 0.0988. The SMILES string of the molecule is COc1cc(C)c(C(=O)N2CCc3cc(S(=O)(=O)N(C)C)ccc32)cc1C(C)C. The van der Waals surface area contributed by atoms with E-state index < -0.39 is 10.0 Å². The van der Waals surface area contributed by atoms with Gasteiger partial charge in [0.05, 0.1) is 12.0 Å². The fraction of sp³-hybridized carbons (Fsp3) is 0.409. The van der Waals surface area contributed by atoms with Crippen molar-refractivity contribution in [2.75, 3.05) is 32.6 Å². The number of carbonyl (C=O) groups is 1. The van der Waals surface area contributed by atoms with E-state index in [1.165, 1.54) is 18.4 Å². The number of nitrogens with zero attached hydrogens (tertiary/aromatic N) is 2. The maximum atomic E-state index is 13.4. The first kappa shape index (κ1) is 21.3. The lowest BCUT2D eigenvalue weighted by Gasteiger charge is -2.21. The predicted molar refractivity (Wildman–Crippen MR) is 115 cm³/mol. The third kappa shape index (κ3) is 3.76. The standard InChI is InChI=1S/C22H28N2O4S/c1-14(2)18-13-19(15(3)11-21(18)28-6)22(25)24-10-9-16-12-17(7-8-20(16)24)29(26,27)23(4)5/h7-8,11-14H,9-10H2,1-6H3. The van der Waals surface area contributed by atoms with E-state index in [1.807, 2.05) is 19.1 Å². The molecular formula is C22H28N2O4S. The van der Waals surface area contributed by atoms with Crippen molar-refractivity contribution in [1.29, 1.82) is 0 Å². The summed E-state index contributed by atoms with van der Waals surface area (Å²) >= 11 is 0. The molecular weight excluding hydrogens is 388 g/mol. The molecule has 7 heteroatoms. The first-order chi connectivity index (χ1) is 13.6. The number of fused-ring (bicyclic) bond motifs is 1. The van der Waals surface area contributed by atoms with Crippen LogP contribution in [0.15, 0.2) is 35.2 Å². The zero-order valence-corrected chi connectivity index (χ0v) is 18.6. The molecule has 0 radical (unpaired) electrons. The summed E-state index contributed by atoms with van der Waals surface area (Å²) in [6.07, 6.45) is 0.629. The summed E-state index contributed by atoms with van der Waals surface area (Å²) in [5.41, 5.74) is 4.14. The Kier molecular flexibility index (Phi) is 5.74. The molecule has 1 heterocycles.